The zero-order chi connectivity index (χ0) is 32.5. The molecule has 45 heavy (non-hydrogen) atoms. The molecular formula is C32H29BrClFN2O7S. The molecule has 3 aromatic carbocycles. The second-order valence-corrected chi connectivity index (χ2v) is 11.9. The molecule has 0 aliphatic carbocycles. The zero-order valence-corrected chi connectivity index (χ0v) is 27.5. The number of esters is 1. The van der Waals surface area contributed by atoms with Crippen LogP contribution in [0.15, 0.2) is 64.0 Å². The molecule has 1 fully saturated rings. The van der Waals surface area contributed by atoms with Gasteiger partial charge in [0.2, 0.25) is 5.91 Å². The molecule has 0 aromatic heterocycles. The molecule has 0 spiro atoms. The van der Waals surface area contributed by atoms with Crippen LogP contribution in [0.2, 0.25) is 5.02 Å². The van der Waals surface area contributed by atoms with Gasteiger partial charge in [-0.05, 0) is 101 Å². The quantitative estimate of drug-likeness (QED) is 0.108. The van der Waals surface area contributed by atoms with Crippen molar-refractivity contribution in [1.29, 1.82) is 0 Å². The van der Waals surface area contributed by atoms with Gasteiger partial charge in [0.25, 0.3) is 11.1 Å². The molecule has 13 heteroatoms. The van der Waals surface area contributed by atoms with Crippen LogP contribution in [0.1, 0.15) is 48.2 Å². The SMILES string of the molecule is CCCCOC(=O)c1cc(NC(=O)CN2C(=O)S/C(=C\c3cc(Br)c(OCc4ccc(F)cc4)c(OCC)c3)C2=O)ccc1Cl. The maximum atomic E-state index is 13.2. The first-order chi connectivity index (χ1) is 21.6. The second-order valence-electron chi connectivity index (χ2n) is 9.68. The summed E-state index contributed by atoms with van der Waals surface area (Å²) in [5.41, 5.74) is 1.65. The number of amides is 3. The van der Waals surface area contributed by atoms with Crippen LogP contribution in [0.3, 0.4) is 0 Å². The molecule has 0 bridgehead atoms. The Morgan fingerprint density at radius 1 is 1.07 bits per heavy atom. The fraction of sp³-hybridized carbons (Fsp3) is 0.250. The van der Waals surface area contributed by atoms with Gasteiger partial charge >= 0.3 is 5.97 Å². The summed E-state index contributed by atoms with van der Waals surface area (Å²) in [6.07, 6.45) is 3.08. The predicted molar refractivity (Wildman–Crippen MR) is 174 cm³/mol. The summed E-state index contributed by atoms with van der Waals surface area (Å²) in [7, 11) is 0. The number of carbonyl (C=O) groups excluding carboxylic acids is 4. The number of halogens is 3. The van der Waals surface area contributed by atoms with E-state index in [0.717, 1.165) is 16.9 Å². The van der Waals surface area contributed by atoms with Gasteiger partial charge < -0.3 is 19.5 Å². The van der Waals surface area contributed by atoms with Crippen molar-refractivity contribution in [2.75, 3.05) is 25.1 Å². The van der Waals surface area contributed by atoms with Crippen LogP contribution in [-0.2, 0) is 20.9 Å². The lowest BCUT2D eigenvalue weighted by molar-refractivity contribution is -0.127. The number of thioether (sulfide) groups is 1. The standard InChI is InChI=1S/C32H29BrClFN2O7S/c1-3-5-12-43-31(40)23-16-22(10-11-25(23)34)36-28(38)17-37-30(39)27(45-32(37)41)15-20-13-24(33)29(26(14-20)42-4-2)44-18-19-6-8-21(35)9-7-19/h6-11,13-16H,3-5,12,17-18H2,1-2H3,(H,36,38)/b27-15-. The van der Waals surface area contributed by atoms with Crippen LogP contribution in [-0.4, -0.2) is 47.7 Å². The number of imide groups is 1. The summed E-state index contributed by atoms with van der Waals surface area (Å²) >= 11 is 10.3. The average Bonchev–Trinajstić information content (AvgIpc) is 3.25. The summed E-state index contributed by atoms with van der Waals surface area (Å²) in [6, 6.07) is 13.6. The van der Waals surface area contributed by atoms with Gasteiger partial charge in [-0.2, -0.15) is 0 Å². The van der Waals surface area contributed by atoms with Crippen molar-refractivity contribution in [2.24, 2.45) is 0 Å². The van der Waals surface area contributed by atoms with Gasteiger partial charge in [-0.3, -0.25) is 19.3 Å². The first-order valence-corrected chi connectivity index (χ1v) is 15.9. The Kier molecular flexibility index (Phi) is 12.0. The van der Waals surface area contributed by atoms with Gasteiger partial charge in [0.05, 0.1) is 33.2 Å². The highest BCUT2D eigenvalue weighted by atomic mass is 79.9. The van der Waals surface area contributed by atoms with Crippen molar-refractivity contribution in [1.82, 2.24) is 4.90 Å². The molecule has 0 radical (unpaired) electrons. The van der Waals surface area contributed by atoms with Crippen LogP contribution in [0.5, 0.6) is 11.5 Å². The lowest BCUT2D eigenvalue weighted by Gasteiger charge is -2.15. The smallest absolute Gasteiger partial charge is 0.339 e. The summed E-state index contributed by atoms with van der Waals surface area (Å²) < 4.78 is 30.7. The number of benzene rings is 3. The monoisotopic (exact) mass is 718 g/mol. The van der Waals surface area contributed by atoms with E-state index < -0.39 is 29.6 Å². The maximum absolute atomic E-state index is 13.2. The summed E-state index contributed by atoms with van der Waals surface area (Å²) in [5.74, 6) is -1.43. The molecular weight excluding hydrogens is 691 g/mol. The predicted octanol–water partition coefficient (Wildman–Crippen LogP) is 7.85. The number of hydrogen-bond donors (Lipinski definition) is 1. The van der Waals surface area contributed by atoms with Gasteiger partial charge in [0, 0.05) is 5.69 Å². The van der Waals surface area contributed by atoms with E-state index in [2.05, 4.69) is 21.2 Å². The number of ether oxygens (including phenoxy) is 3. The minimum absolute atomic E-state index is 0.0872. The largest absolute Gasteiger partial charge is 0.490 e. The number of nitrogens with one attached hydrogen (secondary N) is 1. The van der Waals surface area contributed by atoms with E-state index in [1.165, 1.54) is 36.4 Å². The number of anilines is 1. The van der Waals surface area contributed by atoms with Crippen LogP contribution in [0.25, 0.3) is 6.08 Å². The van der Waals surface area contributed by atoms with E-state index in [4.69, 9.17) is 25.8 Å². The summed E-state index contributed by atoms with van der Waals surface area (Å²) in [6.45, 7) is 3.99. The lowest BCUT2D eigenvalue weighted by Crippen LogP contribution is -2.36. The fourth-order valence-corrected chi connectivity index (χ4v) is 5.70. The number of nitrogens with zero attached hydrogens (tertiary/aromatic N) is 1. The summed E-state index contributed by atoms with van der Waals surface area (Å²) in [4.78, 5) is 52.0. The first kappa shape index (κ1) is 34.0. The second kappa shape index (κ2) is 15.9. The van der Waals surface area contributed by atoms with E-state index in [1.807, 2.05) is 13.8 Å². The third kappa shape index (κ3) is 9.09. The number of rotatable bonds is 13. The highest BCUT2D eigenvalue weighted by molar-refractivity contribution is 9.10. The molecule has 1 saturated heterocycles. The van der Waals surface area contributed by atoms with Gasteiger partial charge in [-0.15, -0.1) is 0 Å². The normalized spacial score (nSPS) is 13.7. The Morgan fingerprint density at radius 2 is 1.82 bits per heavy atom. The topological polar surface area (TPSA) is 111 Å². The van der Waals surface area contributed by atoms with E-state index >= 15 is 0 Å². The van der Waals surface area contributed by atoms with Gasteiger partial charge in [0.15, 0.2) is 11.5 Å². The van der Waals surface area contributed by atoms with Crippen LogP contribution < -0.4 is 14.8 Å². The van der Waals surface area contributed by atoms with E-state index in [1.54, 1.807) is 24.3 Å². The van der Waals surface area contributed by atoms with Crippen molar-refractivity contribution < 1.29 is 37.8 Å². The van der Waals surface area contributed by atoms with Crippen molar-refractivity contribution in [2.45, 2.75) is 33.3 Å². The maximum Gasteiger partial charge on any atom is 0.339 e. The van der Waals surface area contributed by atoms with E-state index in [-0.39, 0.29) is 40.2 Å². The molecule has 0 saturated carbocycles. The van der Waals surface area contributed by atoms with E-state index in [0.29, 0.717) is 46.3 Å². The zero-order valence-electron chi connectivity index (χ0n) is 24.4. The van der Waals surface area contributed by atoms with Crippen molar-refractivity contribution in [3.8, 4) is 11.5 Å². The fourth-order valence-electron chi connectivity index (χ4n) is 4.09. The average molecular weight is 720 g/mol. The van der Waals surface area contributed by atoms with Gasteiger partial charge in [-0.1, -0.05) is 37.1 Å². The molecule has 1 aliphatic rings. The molecule has 1 N–H and O–H groups in total. The van der Waals surface area contributed by atoms with Crippen LogP contribution in [0, 0.1) is 5.82 Å². The molecule has 1 heterocycles. The minimum atomic E-state index is -0.643. The van der Waals surface area contributed by atoms with Crippen LogP contribution >= 0.6 is 39.3 Å². The Hall–Kier alpha value is -3.87. The Morgan fingerprint density at radius 3 is 2.53 bits per heavy atom. The molecule has 3 aromatic rings. The molecule has 3 amide bonds. The van der Waals surface area contributed by atoms with Gasteiger partial charge in [-0.25, -0.2) is 9.18 Å². The van der Waals surface area contributed by atoms with Gasteiger partial charge in [0.1, 0.15) is 19.0 Å². The third-order valence-electron chi connectivity index (χ3n) is 6.30. The van der Waals surface area contributed by atoms with Crippen molar-refractivity contribution in [3.05, 3.63) is 91.5 Å². The number of hydrogen-bond acceptors (Lipinski definition) is 8. The molecule has 1 aliphatic heterocycles. The molecule has 236 valence electrons. The molecule has 4 rings (SSSR count). The highest BCUT2D eigenvalue weighted by Crippen LogP contribution is 2.40. The molecule has 9 nitrogen and oxygen atoms in total. The van der Waals surface area contributed by atoms with Crippen molar-refractivity contribution in [3.63, 3.8) is 0 Å². The highest BCUT2D eigenvalue weighted by Gasteiger charge is 2.36. The molecule has 0 unspecified atom stereocenters. The Balaban J connectivity index is 1.44. The third-order valence-corrected chi connectivity index (χ3v) is 8.13. The number of carbonyl (C=O) groups is 4. The van der Waals surface area contributed by atoms with Crippen molar-refractivity contribution >= 4 is 74.1 Å². The Labute approximate surface area is 277 Å². The minimum Gasteiger partial charge on any atom is -0.490 e. The number of unbranched alkanes of at least 4 members (excludes halogenated alkanes) is 1. The lowest BCUT2D eigenvalue weighted by atomic mass is 10.1. The Bertz CT molecular complexity index is 1630. The van der Waals surface area contributed by atoms with E-state index in [9.17, 15) is 23.6 Å². The first-order valence-electron chi connectivity index (χ1n) is 13.9. The molecule has 0 atom stereocenters. The van der Waals surface area contributed by atoms with Crippen LogP contribution in [0.4, 0.5) is 14.9 Å². The summed E-state index contributed by atoms with van der Waals surface area (Å²) in [5, 5.41) is 2.14.